The van der Waals surface area contributed by atoms with Gasteiger partial charge in [-0.05, 0) is 31.4 Å². The maximum absolute atomic E-state index is 11.4. The topological polar surface area (TPSA) is 26.3 Å². The van der Waals surface area contributed by atoms with Gasteiger partial charge in [0.2, 0.25) is 0 Å². The van der Waals surface area contributed by atoms with Crippen LogP contribution in [0.4, 0.5) is 0 Å². The lowest BCUT2D eigenvalue weighted by Gasteiger charge is -2.03. The molecule has 0 bridgehead atoms. The third-order valence-electron chi connectivity index (χ3n) is 2.02. The maximum Gasteiger partial charge on any atom is 0.338 e. The van der Waals surface area contributed by atoms with E-state index in [2.05, 4.69) is 0 Å². The molecule has 1 aromatic rings. The number of hydrogen-bond acceptors (Lipinski definition) is 2. The summed E-state index contributed by atoms with van der Waals surface area (Å²) in [6, 6.07) is 9.02. The van der Waals surface area contributed by atoms with E-state index in [0.29, 0.717) is 18.1 Å². The van der Waals surface area contributed by atoms with Crippen LogP contribution in [0, 0.1) is 0 Å². The van der Waals surface area contributed by atoms with Crippen LogP contribution in [0.5, 0.6) is 0 Å². The normalized spacial score (nSPS) is 9.93. The molecule has 0 spiro atoms. The molecule has 2 nitrogen and oxygen atoms in total. The van der Waals surface area contributed by atoms with Crippen LogP contribution in [0.15, 0.2) is 30.3 Å². The molecule has 0 unspecified atom stereocenters. The number of hydrogen-bond donors (Lipinski definition) is 0. The van der Waals surface area contributed by atoms with Gasteiger partial charge in [0.1, 0.15) is 0 Å². The summed E-state index contributed by atoms with van der Waals surface area (Å²) < 4.78 is 5.09. The Labute approximate surface area is 95.2 Å². The van der Waals surface area contributed by atoms with Crippen molar-refractivity contribution in [1.29, 1.82) is 0 Å². The number of halogens is 1. The second-order valence-corrected chi connectivity index (χ2v) is 3.63. The molecular formula is C12H15ClO2. The van der Waals surface area contributed by atoms with Crippen molar-refractivity contribution in [3.8, 4) is 0 Å². The van der Waals surface area contributed by atoms with Gasteiger partial charge in [-0.2, -0.15) is 0 Å². The Kier molecular flexibility index (Phi) is 5.86. The first-order chi connectivity index (χ1) is 7.34. The predicted octanol–water partition coefficient (Wildman–Crippen LogP) is 3.25. The fourth-order valence-corrected chi connectivity index (χ4v) is 1.38. The number of ether oxygens (including phenoxy) is 1. The number of benzene rings is 1. The molecule has 1 rings (SSSR count). The van der Waals surface area contributed by atoms with Crippen LogP contribution in [-0.2, 0) is 4.74 Å². The lowest BCUT2D eigenvalue weighted by molar-refractivity contribution is 0.0498. The second-order valence-electron chi connectivity index (χ2n) is 3.25. The fraction of sp³-hybridized carbons (Fsp3) is 0.417. The molecule has 0 saturated heterocycles. The van der Waals surface area contributed by atoms with Crippen LogP contribution in [0.1, 0.15) is 29.6 Å². The molecule has 3 heteroatoms. The molecule has 0 N–H and O–H groups in total. The Morgan fingerprint density at radius 2 is 1.87 bits per heavy atom. The SMILES string of the molecule is O=C(OCCCCCCl)c1ccccc1. The van der Waals surface area contributed by atoms with Crippen LogP contribution >= 0.6 is 11.6 Å². The summed E-state index contributed by atoms with van der Waals surface area (Å²) in [7, 11) is 0. The number of carbonyl (C=O) groups is 1. The lowest BCUT2D eigenvalue weighted by Crippen LogP contribution is -2.06. The largest absolute Gasteiger partial charge is 0.462 e. The molecule has 0 atom stereocenters. The number of esters is 1. The van der Waals surface area contributed by atoms with E-state index < -0.39 is 0 Å². The Morgan fingerprint density at radius 3 is 2.53 bits per heavy atom. The van der Waals surface area contributed by atoms with E-state index in [-0.39, 0.29) is 5.97 Å². The van der Waals surface area contributed by atoms with E-state index in [1.54, 1.807) is 12.1 Å². The Hall–Kier alpha value is -1.02. The van der Waals surface area contributed by atoms with Crippen LogP contribution in [0.2, 0.25) is 0 Å². The first kappa shape index (κ1) is 12.1. The van der Waals surface area contributed by atoms with Crippen molar-refractivity contribution in [3.63, 3.8) is 0 Å². The molecule has 0 radical (unpaired) electrons. The van der Waals surface area contributed by atoms with Crippen molar-refractivity contribution < 1.29 is 9.53 Å². The zero-order valence-electron chi connectivity index (χ0n) is 8.62. The summed E-state index contributed by atoms with van der Waals surface area (Å²) in [6.07, 6.45) is 2.86. The number of rotatable bonds is 6. The van der Waals surface area contributed by atoms with Gasteiger partial charge in [-0.25, -0.2) is 4.79 Å². The van der Waals surface area contributed by atoms with Gasteiger partial charge in [-0.15, -0.1) is 11.6 Å². The molecule has 82 valence electrons. The summed E-state index contributed by atoms with van der Waals surface area (Å²) in [5.41, 5.74) is 0.606. The zero-order valence-corrected chi connectivity index (χ0v) is 9.37. The maximum atomic E-state index is 11.4. The minimum atomic E-state index is -0.249. The van der Waals surface area contributed by atoms with E-state index in [0.717, 1.165) is 19.3 Å². The van der Waals surface area contributed by atoms with E-state index in [4.69, 9.17) is 16.3 Å². The van der Waals surface area contributed by atoms with Crippen molar-refractivity contribution in [2.45, 2.75) is 19.3 Å². The average Bonchev–Trinajstić information content (AvgIpc) is 2.30. The molecule has 0 saturated carbocycles. The molecule has 0 fully saturated rings. The van der Waals surface area contributed by atoms with Gasteiger partial charge in [0.05, 0.1) is 12.2 Å². The highest BCUT2D eigenvalue weighted by Crippen LogP contribution is 2.03. The smallest absolute Gasteiger partial charge is 0.338 e. The number of carbonyl (C=O) groups excluding carboxylic acids is 1. The number of unbranched alkanes of at least 4 members (excludes halogenated alkanes) is 2. The highest BCUT2D eigenvalue weighted by Gasteiger charge is 2.04. The van der Waals surface area contributed by atoms with Crippen molar-refractivity contribution in [2.24, 2.45) is 0 Å². The van der Waals surface area contributed by atoms with Gasteiger partial charge >= 0.3 is 5.97 Å². The van der Waals surface area contributed by atoms with E-state index in [1.807, 2.05) is 18.2 Å². The fourth-order valence-electron chi connectivity index (χ4n) is 1.20. The predicted molar refractivity (Wildman–Crippen MR) is 61.3 cm³/mol. The number of alkyl halides is 1. The second kappa shape index (κ2) is 7.30. The molecule has 15 heavy (non-hydrogen) atoms. The first-order valence-corrected chi connectivity index (χ1v) is 5.66. The van der Waals surface area contributed by atoms with E-state index in [1.165, 1.54) is 0 Å². The van der Waals surface area contributed by atoms with Crippen molar-refractivity contribution in [1.82, 2.24) is 0 Å². The lowest BCUT2D eigenvalue weighted by atomic mass is 10.2. The average molecular weight is 227 g/mol. The highest BCUT2D eigenvalue weighted by molar-refractivity contribution is 6.17. The highest BCUT2D eigenvalue weighted by atomic mass is 35.5. The van der Waals surface area contributed by atoms with E-state index in [9.17, 15) is 4.79 Å². The molecule has 0 aromatic heterocycles. The molecular weight excluding hydrogens is 212 g/mol. The summed E-state index contributed by atoms with van der Waals surface area (Å²) in [6.45, 7) is 0.477. The molecule has 0 amide bonds. The minimum Gasteiger partial charge on any atom is -0.462 e. The first-order valence-electron chi connectivity index (χ1n) is 5.12. The van der Waals surface area contributed by atoms with Crippen LogP contribution < -0.4 is 0 Å². The summed E-state index contributed by atoms with van der Waals surface area (Å²) in [5, 5.41) is 0. The zero-order chi connectivity index (χ0) is 10.9. The summed E-state index contributed by atoms with van der Waals surface area (Å²) in [5.74, 6) is 0.425. The molecule has 0 aliphatic heterocycles. The minimum absolute atomic E-state index is 0.249. The van der Waals surface area contributed by atoms with E-state index >= 15 is 0 Å². The van der Waals surface area contributed by atoms with Gasteiger partial charge < -0.3 is 4.74 Å². The summed E-state index contributed by atoms with van der Waals surface area (Å²) in [4.78, 5) is 11.4. The van der Waals surface area contributed by atoms with Gasteiger partial charge in [0.15, 0.2) is 0 Å². The van der Waals surface area contributed by atoms with Gasteiger partial charge in [-0.3, -0.25) is 0 Å². The molecule has 0 aliphatic carbocycles. The molecule has 0 aliphatic rings. The third-order valence-corrected chi connectivity index (χ3v) is 2.29. The van der Waals surface area contributed by atoms with Gasteiger partial charge in [-0.1, -0.05) is 18.2 Å². The Bertz CT molecular complexity index is 285. The van der Waals surface area contributed by atoms with Crippen molar-refractivity contribution in [3.05, 3.63) is 35.9 Å². The van der Waals surface area contributed by atoms with Crippen LogP contribution in [0.25, 0.3) is 0 Å². The van der Waals surface area contributed by atoms with Crippen molar-refractivity contribution in [2.75, 3.05) is 12.5 Å². The van der Waals surface area contributed by atoms with Crippen LogP contribution in [-0.4, -0.2) is 18.5 Å². The Balaban J connectivity index is 2.20. The van der Waals surface area contributed by atoms with Crippen LogP contribution in [0.3, 0.4) is 0 Å². The molecule has 0 heterocycles. The van der Waals surface area contributed by atoms with Gasteiger partial charge in [0, 0.05) is 5.88 Å². The third kappa shape index (κ3) is 4.84. The monoisotopic (exact) mass is 226 g/mol. The molecule has 1 aromatic carbocycles. The summed E-state index contributed by atoms with van der Waals surface area (Å²) >= 11 is 5.53. The quantitative estimate of drug-likeness (QED) is 0.423. The van der Waals surface area contributed by atoms with Gasteiger partial charge in [0.25, 0.3) is 0 Å². The van der Waals surface area contributed by atoms with Crippen molar-refractivity contribution >= 4 is 17.6 Å². The standard InChI is InChI=1S/C12H15ClO2/c13-9-5-2-6-10-15-12(14)11-7-3-1-4-8-11/h1,3-4,7-8H,2,5-6,9-10H2. The Morgan fingerprint density at radius 1 is 1.13 bits per heavy atom.